The standard InChI is InChI=1S/C17H19N3O3/c1-10-4-11(2)6-14(5-10)20-9-13(8-16(20)21)17(22)18-15-7-12(3)23-19-15/h4-7,13H,8-9H2,1-3H3,(H,18,19,22)/t13-/m1/s1. The number of aryl methyl sites for hydroxylation is 3. The van der Waals surface area contributed by atoms with Gasteiger partial charge in [-0.25, -0.2) is 0 Å². The van der Waals surface area contributed by atoms with Crippen LogP contribution in [0, 0.1) is 26.7 Å². The topological polar surface area (TPSA) is 75.4 Å². The zero-order valence-electron chi connectivity index (χ0n) is 13.4. The maximum Gasteiger partial charge on any atom is 0.231 e. The number of benzene rings is 1. The van der Waals surface area contributed by atoms with E-state index in [0.717, 1.165) is 16.8 Å². The average Bonchev–Trinajstić information content (AvgIpc) is 3.04. The number of rotatable bonds is 3. The second-order valence-electron chi connectivity index (χ2n) is 6.06. The van der Waals surface area contributed by atoms with Crippen LogP contribution in [0.3, 0.4) is 0 Å². The molecule has 1 N–H and O–H groups in total. The lowest BCUT2D eigenvalue weighted by molar-refractivity contribution is -0.122. The van der Waals surface area contributed by atoms with E-state index < -0.39 is 0 Å². The first-order valence-corrected chi connectivity index (χ1v) is 7.55. The van der Waals surface area contributed by atoms with Gasteiger partial charge in [0.25, 0.3) is 0 Å². The number of carbonyl (C=O) groups is 2. The van der Waals surface area contributed by atoms with Gasteiger partial charge in [-0.1, -0.05) is 11.2 Å². The first-order valence-electron chi connectivity index (χ1n) is 7.55. The molecule has 1 aromatic carbocycles. The van der Waals surface area contributed by atoms with E-state index in [-0.39, 0.29) is 24.2 Å². The van der Waals surface area contributed by atoms with Crippen molar-refractivity contribution in [2.24, 2.45) is 5.92 Å². The molecule has 6 heteroatoms. The summed E-state index contributed by atoms with van der Waals surface area (Å²) in [5, 5.41) is 6.44. The fraction of sp³-hybridized carbons (Fsp3) is 0.353. The third-order valence-corrected chi connectivity index (χ3v) is 3.89. The van der Waals surface area contributed by atoms with Gasteiger partial charge in [-0.15, -0.1) is 0 Å². The van der Waals surface area contributed by atoms with Gasteiger partial charge >= 0.3 is 0 Å². The molecule has 1 fully saturated rings. The molecule has 2 heterocycles. The minimum Gasteiger partial charge on any atom is -0.360 e. The third-order valence-electron chi connectivity index (χ3n) is 3.89. The lowest BCUT2D eigenvalue weighted by Gasteiger charge is -2.18. The van der Waals surface area contributed by atoms with E-state index in [1.165, 1.54) is 0 Å². The van der Waals surface area contributed by atoms with Crippen molar-refractivity contribution in [3.63, 3.8) is 0 Å². The SMILES string of the molecule is Cc1cc(C)cc(N2C[C@H](C(=O)Nc3cc(C)on3)CC2=O)c1. The fourth-order valence-electron chi connectivity index (χ4n) is 2.89. The third kappa shape index (κ3) is 3.26. The predicted molar refractivity (Wildman–Crippen MR) is 86.2 cm³/mol. The Labute approximate surface area is 134 Å². The van der Waals surface area contributed by atoms with Gasteiger partial charge in [-0.2, -0.15) is 0 Å². The number of carbonyl (C=O) groups excluding carboxylic acids is 2. The molecule has 0 radical (unpaired) electrons. The average molecular weight is 313 g/mol. The van der Waals surface area contributed by atoms with Crippen LogP contribution in [0.4, 0.5) is 11.5 Å². The molecule has 0 bridgehead atoms. The van der Waals surface area contributed by atoms with E-state index >= 15 is 0 Å². The van der Waals surface area contributed by atoms with Crippen LogP contribution in [0.2, 0.25) is 0 Å². The summed E-state index contributed by atoms with van der Waals surface area (Å²) in [4.78, 5) is 26.3. The zero-order chi connectivity index (χ0) is 16.6. The van der Waals surface area contributed by atoms with Crippen molar-refractivity contribution >= 4 is 23.3 Å². The van der Waals surface area contributed by atoms with E-state index in [0.29, 0.717) is 18.1 Å². The number of anilines is 2. The van der Waals surface area contributed by atoms with Crippen LogP contribution in [0.25, 0.3) is 0 Å². The van der Waals surface area contributed by atoms with Crippen LogP contribution in [-0.4, -0.2) is 23.5 Å². The van der Waals surface area contributed by atoms with Gasteiger partial charge in [-0.05, 0) is 44.0 Å². The highest BCUT2D eigenvalue weighted by atomic mass is 16.5. The molecule has 1 aromatic heterocycles. The van der Waals surface area contributed by atoms with Crippen LogP contribution in [0.15, 0.2) is 28.8 Å². The lowest BCUT2D eigenvalue weighted by Crippen LogP contribution is -2.28. The maximum absolute atomic E-state index is 12.3. The minimum atomic E-state index is -0.389. The normalized spacial score (nSPS) is 17.6. The lowest BCUT2D eigenvalue weighted by atomic mass is 10.1. The van der Waals surface area contributed by atoms with Gasteiger partial charge < -0.3 is 14.7 Å². The number of amides is 2. The van der Waals surface area contributed by atoms with Crippen molar-refractivity contribution in [1.29, 1.82) is 0 Å². The molecule has 6 nitrogen and oxygen atoms in total. The molecule has 1 aliphatic heterocycles. The minimum absolute atomic E-state index is 0.0357. The van der Waals surface area contributed by atoms with Crippen molar-refractivity contribution in [3.05, 3.63) is 41.2 Å². The Kier molecular flexibility index (Phi) is 3.90. The molecule has 3 rings (SSSR count). The largest absolute Gasteiger partial charge is 0.360 e. The van der Waals surface area contributed by atoms with Crippen molar-refractivity contribution in [1.82, 2.24) is 5.16 Å². The smallest absolute Gasteiger partial charge is 0.231 e. The summed E-state index contributed by atoms with van der Waals surface area (Å²) in [5.41, 5.74) is 3.04. The van der Waals surface area contributed by atoms with Gasteiger partial charge in [0, 0.05) is 24.7 Å². The summed E-state index contributed by atoms with van der Waals surface area (Å²) in [5.74, 6) is 0.370. The Balaban J connectivity index is 1.72. The Bertz CT molecular complexity index is 746. The summed E-state index contributed by atoms with van der Waals surface area (Å²) in [7, 11) is 0. The molecule has 0 unspecified atom stereocenters. The van der Waals surface area contributed by atoms with Gasteiger partial charge in [0.15, 0.2) is 5.82 Å². The second kappa shape index (κ2) is 5.87. The van der Waals surface area contributed by atoms with Crippen LogP contribution >= 0.6 is 0 Å². The Morgan fingerprint density at radius 2 is 1.91 bits per heavy atom. The summed E-state index contributed by atoms with van der Waals surface area (Å²) in [6.07, 6.45) is 0.204. The van der Waals surface area contributed by atoms with Crippen molar-refractivity contribution in [2.45, 2.75) is 27.2 Å². The number of nitrogens with zero attached hydrogens (tertiary/aromatic N) is 2. The van der Waals surface area contributed by atoms with E-state index in [1.807, 2.05) is 26.0 Å². The molecular weight excluding hydrogens is 294 g/mol. The number of aromatic nitrogens is 1. The first-order chi connectivity index (χ1) is 10.9. The van der Waals surface area contributed by atoms with Crippen molar-refractivity contribution < 1.29 is 14.1 Å². The second-order valence-corrected chi connectivity index (χ2v) is 6.06. The van der Waals surface area contributed by atoms with Gasteiger partial charge in [-0.3, -0.25) is 9.59 Å². The predicted octanol–water partition coefficient (Wildman–Crippen LogP) is 2.59. The summed E-state index contributed by atoms with van der Waals surface area (Å²) < 4.78 is 4.92. The van der Waals surface area contributed by atoms with Gasteiger partial charge in [0.05, 0.1) is 5.92 Å². The van der Waals surface area contributed by atoms with Crippen molar-refractivity contribution in [2.75, 3.05) is 16.8 Å². The quantitative estimate of drug-likeness (QED) is 0.945. The van der Waals surface area contributed by atoms with E-state index in [4.69, 9.17) is 4.52 Å². The maximum atomic E-state index is 12.3. The van der Waals surface area contributed by atoms with Gasteiger partial charge in [0.2, 0.25) is 11.8 Å². The molecule has 1 atom stereocenters. The highest BCUT2D eigenvalue weighted by molar-refractivity contribution is 6.03. The molecule has 0 spiro atoms. The molecule has 1 saturated heterocycles. The van der Waals surface area contributed by atoms with Gasteiger partial charge in [0.1, 0.15) is 5.76 Å². The molecule has 23 heavy (non-hydrogen) atoms. The molecule has 0 saturated carbocycles. The van der Waals surface area contributed by atoms with Crippen LogP contribution in [-0.2, 0) is 9.59 Å². The highest BCUT2D eigenvalue weighted by Crippen LogP contribution is 2.27. The summed E-state index contributed by atoms with van der Waals surface area (Å²) >= 11 is 0. The molecule has 0 aliphatic carbocycles. The Morgan fingerprint density at radius 3 is 2.52 bits per heavy atom. The molecular formula is C17H19N3O3. The van der Waals surface area contributed by atoms with Crippen LogP contribution in [0.1, 0.15) is 23.3 Å². The molecule has 2 aromatic rings. The number of hydrogen-bond donors (Lipinski definition) is 1. The number of nitrogens with one attached hydrogen (secondary N) is 1. The summed E-state index contributed by atoms with van der Waals surface area (Å²) in [6.45, 7) is 6.12. The van der Waals surface area contributed by atoms with Crippen LogP contribution in [0.5, 0.6) is 0 Å². The van der Waals surface area contributed by atoms with Crippen LogP contribution < -0.4 is 10.2 Å². The number of hydrogen-bond acceptors (Lipinski definition) is 4. The first kappa shape index (κ1) is 15.3. The zero-order valence-corrected chi connectivity index (χ0v) is 13.4. The Hall–Kier alpha value is -2.63. The molecule has 120 valence electrons. The fourth-order valence-corrected chi connectivity index (χ4v) is 2.89. The molecule has 2 amide bonds. The van der Waals surface area contributed by atoms with Crippen molar-refractivity contribution in [3.8, 4) is 0 Å². The highest BCUT2D eigenvalue weighted by Gasteiger charge is 2.35. The van der Waals surface area contributed by atoms with E-state index in [9.17, 15) is 9.59 Å². The van der Waals surface area contributed by atoms with E-state index in [1.54, 1.807) is 17.9 Å². The summed E-state index contributed by atoms with van der Waals surface area (Å²) in [6, 6.07) is 7.63. The van der Waals surface area contributed by atoms with E-state index in [2.05, 4.69) is 16.5 Å². The molecule has 1 aliphatic rings. The monoisotopic (exact) mass is 313 g/mol. The Morgan fingerprint density at radius 1 is 1.22 bits per heavy atom.